The molecule has 170 valence electrons. The lowest BCUT2D eigenvalue weighted by molar-refractivity contribution is 0.208. The smallest absolute Gasteiger partial charge is 0.228 e. The summed E-state index contributed by atoms with van der Waals surface area (Å²) in [5, 5.41) is 5.85. The van der Waals surface area contributed by atoms with Gasteiger partial charge in [-0.2, -0.15) is 4.98 Å². The number of nitrogens with zero attached hydrogens (tertiary/aromatic N) is 6. The minimum absolute atomic E-state index is 0.349. The van der Waals surface area contributed by atoms with Crippen molar-refractivity contribution in [1.82, 2.24) is 24.6 Å². The Morgan fingerprint density at radius 1 is 1.00 bits per heavy atom. The molecule has 0 atom stereocenters. The summed E-state index contributed by atoms with van der Waals surface area (Å²) in [5.41, 5.74) is 8.98. The molecule has 33 heavy (non-hydrogen) atoms. The SMILES string of the molecule is CC(C)N1CCN(c2nc(-c3cccc(Cl)c3)c3c(N)n(-c4cccc(F)c4)nc3n2)CC1. The molecule has 9 heteroatoms. The van der Waals surface area contributed by atoms with Crippen LogP contribution < -0.4 is 10.6 Å². The Bertz CT molecular complexity index is 1310. The second-order valence-corrected chi connectivity index (χ2v) is 8.91. The van der Waals surface area contributed by atoms with Crippen molar-refractivity contribution in [1.29, 1.82) is 0 Å². The molecular weight excluding hydrogens is 441 g/mol. The molecule has 0 aliphatic carbocycles. The van der Waals surface area contributed by atoms with Crippen LogP contribution in [0.2, 0.25) is 5.02 Å². The second-order valence-electron chi connectivity index (χ2n) is 8.47. The number of benzene rings is 2. The predicted octanol–water partition coefficient (Wildman–Crippen LogP) is 4.39. The number of fused-ring (bicyclic) bond motifs is 1. The lowest BCUT2D eigenvalue weighted by Gasteiger charge is -2.36. The third kappa shape index (κ3) is 4.12. The maximum atomic E-state index is 13.9. The average Bonchev–Trinajstić information content (AvgIpc) is 3.15. The molecule has 3 heterocycles. The van der Waals surface area contributed by atoms with Crippen LogP contribution in [0.3, 0.4) is 0 Å². The highest BCUT2D eigenvalue weighted by molar-refractivity contribution is 6.30. The molecule has 0 saturated carbocycles. The van der Waals surface area contributed by atoms with Gasteiger partial charge in [0, 0.05) is 42.8 Å². The number of hydrogen-bond acceptors (Lipinski definition) is 6. The molecule has 0 radical (unpaired) electrons. The van der Waals surface area contributed by atoms with Crippen LogP contribution in [-0.4, -0.2) is 56.9 Å². The standard InChI is InChI=1S/C24H25ClFN7/c1-15(2)31-9-11-32(12-10-31)24-28-21(16-5-3-6-17(25)13-16)20-22(27)33(30-23(20)29-24)19-8-4-7-18(26)14-19/h3-8,13-15H,9-12,27H2,1-2H3. The van der Waals surface area contributed by atoms with Gasteiger partial charge in [0.2, 0.25) is 5.95 Å². The topological polar surface area (TPSA) is 76.1 Å². The fourth-order valence-electron chi connectivity index (χ4n) is 4.23. The Morgan fingerprint density at radius 2 is 1.76 bits per heavy atom. The molecule has 7 nitrogen and oxygen atoms in total. The van der Waals surface area contributed by atoms with Gasteiger partial charge >= 0.3 is 0 Å². The molecule has 1 aliphatic rings. The summed E-state index contributed by atoms with van der Waals surface area (Å²) in [7, 11) is 0. The maximum absolute atomic E-state index is 13.9. The number of aromatic nitrogens is 4. The Kier molecular flexibility index (Phi) is 5.64. The van der Waals surface area contributed by atoms with E-state index in [2.05, 4.69) is 28.7 Å². The van der Waals surface area contributed by atoms with E-state index >= 15 is 0 Å². The van der Waals surface area contributed by atoms with Crippen LogP contribution in [0.15, 0.2) is 48.5 Å². The van der Waals surface area contributed by atoms with E-state index in [1.54, 1.807) is 12.1 Å². The molecule has 1 fully saturated rings. The molecule has 2 aromatic carbocycles. The largest absolute Gasteiger partial charge is 0.383 e. The van der Waals surface area contributed by atoms with Gasteiger partial charge in [0.1, 0.15) is 11.6 Å². The Hall–Kier alpha value is -3.23. The molecule has 0 spiro atoms. The zero-order valence-corrected chi connectivity index (χ0v) is 19.3. The number of nitrogen functional groups attached to an aromatic ring is 1. The third-order valence-corrected chi connectivity index (χ3v) is 6.27. The first kappa shape index (κ1) is 21.6. The van der Waals surface area contributed by atoms with Gasteiger partial charge in [0.05, 0.1) is 16.8 Å². The molecule has 1 aliphatic heterocycles. The first-order valence-corrected chi connectivity index (χ1v) is 11.4. The number of rotatable bonds is 4. The molecular formula is C24H25ClFN7. The summed E-state index contributed by atoms with van der Waals surface area (Å²) in [4.78, 5) is 14.3. The van der Waals surface area contributed by atoms with Crippen molar-refractivity contribution in [2.45, 2.75) is 19.9 Å². The van der Waals surface area contributed by atoms with Gasteiger partial charge in [-0.3, -0.25) is 4.90 Å². The summed E-state index contributed by atoms with van der Waals surface area (Å²) < 4.78 is 15.4. The number of anilines is 2. The van der Waals surface area contributed by atoms with E-state index in [9.17, 15) is 4.39 Å². The second kappa shape index (κ2) is 8.61. The van der Waals surface area contributed by atoms with E-state index in [0.29, 0.717) is 45.2 Å². The fraction of sp³-hybridized carbons (Fsp3) is 0.292. The molecule has 0 bridgehead atoms. The van der Waals surface area contributed by atoms with E-state index in [0.717, 1.165) is 31.7 Å². The van der Waals surface area contributed by atoms with Crippen molar-refractivity contribution in [3.05, 3.63) is 59.4 Å². The molecule has 0 amide bonds. The lowest BCUT2D eigenvalue weighted by atomic mass is 10.1. The van der Waals surface area contributed by atoms with E-state index in [1.807, 2.05) is 24.3 Å². The van der Waals surface area contributed by atoms with Crippen molar-refractivity contribution in [2.24, 2.45) is 0 Å². The minimum Gasteiger partial charge on any atom is -0.383 e. The molecule has 5 rings (SSSR count). The van der Waals surface area contributed by atoms with Gasteiger partial charge in [-0.1, -0.05) is 29.8 Å². The maximum Gasteiger partial charge on any atom is 0.228 e. The normalized spacial score (nSPS) is 15.0. The van der Waals surface area contributed by atoms with Crippen molar-refractivity contribution in [3.63, 3.8) is 0 Å². The summed E-state index contributed by atoms with van der Waals surface area (Å²) in [6, 6.07) is 14.1. The first-order chi connectivity index (χ1) is 15.9. The zero-order chi connectivity index (χ0) is 23.1. The van der Waals surface area contributed by atoms with E-state index in [-0.39, 0.29) is 5.82 Å². The Morgan fingerprint density at radius 3 is 2.45 bits per heavy atom. The highest BCUT2D eigenvalue weighted by atomic mass is 35.5. The Labute approximate surface area is 196 Å². The van der Waals surface area contributed by atoms with Crippen LogP contribution in [0, 0.1) is 5.82 Å². The van der Waals surface area contributed by atoms with E-state index in [1.165, 1.54) is 16.8 Å². The number of piperazine rings is 1. The lowest BCUT2D eigenvalue weighted by Crippen LogP contribution is -2.49. The molecule has 2 N–H and O–H groups in total. The Balaban J connectivity index is 1.66. The van der Waals surface area contributed by atoms with Gasteiger partial charge in [-0.05, 0) is 44.2 Å². The molecule has 1 saturated heterocycles. The predicted molar refractivity (Wildman–Crippen MR) is 130 cm³/mol. The van der Waals surface area contributed by atoms with E-state index in [4.69, 9.17) is 27.3 Å². The van der Waals surface area contributed by atoms with Crippen molar-refractivity contribution in [2.75, 3.05) is 36.8 Å². The average molecular weight is 466 g/mol. The number of nitrogens with two attached hydrogens (primary N) is 1. The van der Waals surface area contributed by atoms with Crippen LogP contribution >= 0.6 is 11.6 Å². The number of hydrogen-bond donors (Lipinski definition) is 1. The summed E-state index contributed by atoms with van der Waals surface area (Å²) >= 11 is 6.29. The monoisotopic (exact) mass is 465 g/mol. The van der Waals surface area contributed by atoms with Crippen LogP contribution in [0.25, 0.3) is 28.0 Å². The van der Waals surface area contributed by atoms with E-state index < -0.39 is 0 Å². The van der Waals surface area contributed by atoms with Gasteiger partial charge in [0.15, 0.2) is 5.65 Å². The fourth-order valence-corrected chi connectivity index (χ4v) is 4.42. The van der Waals surface area contributed by atoms with Crippen LogP contribution in [0.1, 0.15) is 13.8 Å². The minimum atomic E-state index is -0.365. The highest BCUT2D eigenvalue weighted by Crippen LogP contribution is 2.34. The summed E-state index contributed by atoms with van der Waals surface area (Å²) in [6.45, 7) is 7.92. The van der Waals surface area contributed by atoms with Gasteiger partial charge in [0.25, 0.3) is 0 Å². The number of halogens is 2. The van der Waals surface area contributed by atoms with Crippen molar-refractivity contribution >= 4 is 34.4 Å². The molecule has 0 unspecified atom stereocenters. The highest BCUT2D eigenvalue weighted by Gasteiger charge is 2.25. The van der Waals surface area contributed by atoms with Crippen LogP contribution in [-0.2, 0) is 0 Å². The third-order valence-electron chi connectivity index (χ3n) is 6.04. The van der Waals surface area contributed by atoms with Crippen molar-refractivity contribution in [3.8, 4) is 16.9 Å². The quantitative estimate of drug-likeness (QED) is 0.481. The summed E-state index contributed by atoms with van der Waals surface area (Å²) in [6.07, 6.45) is 0. The van der Waals surface area contributed by atoms with Crippen LogP contribution in [0.4, 0.5) is 16.2 Å². The zero-order valence-electron chi connectivity index (χ0n) is 18.5. The summed E-state index contributed by atoms with van der Waals surface area (Å²) in [5.74, 6) is 0.586. The van der Waals surface area contributed by atoms with Crippen LogP contribution in [0.5, 0.6) is 0 Å². The molecule has 4 aromatic rings. The first-order valence-electron chi connectivity index (χ1n) is 11.0. The van der Waals surface area contributed by atoms with Gasteiger partial charge in [-0.15, -0.1) is 5.10 Å². The molecule has 2 aromatic heterocycles. The van der Waals surface area contributed by atoms with Crippen molar-refractivity contribution < 1.29 is 4.39 Å². The van der Waals surface area contributed by atoms with Gasteiger partial charge < -0.3 is 10.6 Å². The van der Waals surface area contributed by atoms with Gasteiger partial charge in [-0.25, -0.2) is 14.1 Å².